The van der Waals surface area contributed by atoms with Crippen LogP contribution < -0.4 is 0 Å². The largest absolute Gasteiger partial charge is 0.318 e. The van der Waals surface area contributed by atoms with Gasteiger partial charge in [0.25, 0.3) is 5.91 Å². The number of hydrazone groups is 1. The van der Waals surface area contributed by atoms with Gasteiger partial charge in [-0.25, -0.2) is 0 Å². The molecule has 6 nitrogen and oxygen atoms in total. The summed E-state index contributed by atoms with van der Waals surface area (Å²) in [5.74, 6) is -0.422. The van der Waals surface area contributed by atoms with Crippen LogP contribution in [0.25, 0.3) is 11.8 Å². The summed E-state index contributed by atoms with van der Waals surface area (Å²) in [5.41, 5.74) is 5.32. The number of nitrogens with one attached hydrogen (secondary N) is 1. The van der Waals surface area contributed by atoms with Gasteiger partial charge in [-0.05, 0) is 61.5 Å². The second-order valence-corrected chi connectivity index (χ2v) is 7.64. The molecular formula is C18H13Cl2N5OS. The number of hydrogen-bond acceptors (Lipinski definition) is 4. The van der Waals surface area contributed by atoms with Crippen LogP contribution in [0.3, 0.4) is 0 Å². The Labute approximate surface area is 169 Å². The summed E-state index contributed by atoms with van der Waals surface area (Å²) in [6.45, 7) is 3.90. The average Bonchev–Trinajstić information content (AvgIpc) is 3.19. The Bertz CT molecular complexity index is 1100. The van der Waals surface area contributed by atoms with Crippen LogP contribution in [-0.4, -0.2) is 32.0 Å². The van der Waals surface area contributed by atoms with Crippen LogP contribution in [0, 0.1) is 19.3 Å². The van der Waals surface area contributed by atoms with Crippen molar-refractivity contribution >= 4 is 63.5 Å². The topological polar surface area (TPSA) is 73.8 Å². The fraction of sp³-hybridized carbons (Fsp3) is 0.111. The third-order valence-corrected chi connectivity index (χ3v) is 5.74. The lowest BCUT2D eigenvalue weighted by Gasteiger charge is -2.20. The normalized spacial score (nSPS) is 17.7. The van der Waals surface area contributed by atoms with E-state index < -0.39 is 5.91 Å². The second-order valence-electron chi connectivity index (χ2n) is 6.02. The van der Waals surface area contributed by atoms with E-state index in [0.717, 1.165) is 22.6 Å². The monoisotopic (exact) mass is 417 g/mol. The number of aryl methyl sites for hydroxylation is 1. The van der Waals surface area contributed by atoms with Gasteiger partial charge in [0, 0.05) is 17.1 Å². The third kappa shape index (κ3) is 3.01. The molecule has 0 saturated heterocycles. The standard InChI is InChI=1S/C18H13Cl2N5OS/c1-9-5-11(10(2)24(9)12-3-4-14(19)15(20)7-12)6-13-16(21)25-18(23-17(13)26)27-8-22-25/h3-8,21H,1-2H3/b13-6+,21-16?. The zero-order valence-corrected chi connectivity index (χ0v) is 16.7. The summed E-state index contributed by atoms with van der Waals surface area (Å²) in [4.78, 5) is 16.4. The molecule has 0 unspecified atom stereocenters. The molecule has 4 rings (SSSR count). The van der Waals surface area contributed by atoms with Gasteiger partial charge in [-0.15, -0.1) is 0 Å². The number of carbonyl (C=O) groups is 1. The van der Waals surface area contributed by atoms with E-state index in [0.29, 0.717) is 15.2 Å². The number of nitrogens with zero attached hydrogens (tertiary/aromatic N) is 4. The Morgan fingerprint density at radius 2 is 1.96 bits per heavy atom. The maximum absolute atomic E-state index is 12.4. The highest BCUT2D eigenvalue weighted by atomic mass is 35.5. The highest BCUT2D eigenvalue weighted by Gasteiger charge is 2.32. The van der Waals surface area contributed by atoms with Crippen molar-refractivity contribution in [1.82, 2.24) is 9.58 Å². The number of amides is 1. The number of aliphatic imine (C=N–C) groups is 1. The average molecular weight is 418 g/mol. The number of benzene rings is 1. The van der Waals surface area contributed by atoms with Gasteiger partial charge in [0.2, 0.25) is 0 Å². The fourth-order valence-electron chi connectivity index (χ4n) is 3.05. The molecule has 136 valence electrons. The number of hydrogen-bond donors (Lipinski definition) is 1. The maximum atomic E-state index is 12.4. The van der Waals surface area contributed by atoms with Crippen LogP contribution in [0.15, 0.2) is 39.9 Å². The highest BCUT2D eigenvalue weighted by Crippen LogP contribution is 2.30. The molecule has 27 heavy (non-hydrogen) atoms. The van der Waals surface area contributed by atoms with Crippen molar-refractivity contribution in [3.8, 4) is 5.69 Å². The van der Waals surface area contributed by atoms with E-state index in [9.17, 15) is 4.79 Å². The molecule has 1 N–H and O–H groups in total. The van der Waals surface area contributed by atoms with Gasteiger partial charge in [0.05, 0.1) is 21.2 Å². The summed E-state index contributed by atoms with van der Waals surface area (Å²) in [6, 6.07) is 7.37. The molecule has 1 aromatic heterocycles. The lowest BCUT2D eigenvalue weighted by atomic mass is 10.1. The van der Waals surface area contributed by atoms with Gasteiger partial charge in [-0.1, -0.05) is 23.2 Å². The number of thioether (sulfide) groups is 1. The lowest BCUT2D eigenvalue weighted by molar-refractivity contribution is -0.114. The molecule has 1 aromatic carbocycles. The Morgan fingerprint density at radius 1 is 1.19 bits per heavy atom. The number of halogens is 2. The first-order valence-corrected chi connectivity index (χ1v) is 9.57. The number of fused-ring (bicyclic) bond motifs is 1. The first-order valence-electron chi connectivity index (χ1n) is 7.94. The zero-order valence-electron chi connectivity index (χ0n) is 14.3. The van der Waals surface area contributed by atoms with Crippen LogP contribution in [0.4, 0.5) is 0 Å². The molecule has 1 amide bonds. The Balaban J connectivity index is 1.79. The molecule has 2 aromatic rings. The quantitative estimate of drug-likeness (QED) is 0.722. The van der Waals surface area contributed by atoms with E-state index in [1.54, 1.807) is 23.8 Å². The highest BCUT2D eigenvalue weighted by molar-refractivity contribution is 8.25. The Kier molecular flexibility index (Phi) is 4.46. The molecule has 0 fully saturated rings. The van der Waals surface area contributed by atoms with Crippen molar-refractivity contribution in [2.24, 2.45) is 10.1 Å². The van der Waals surface area contributed by atoms with E-state index in [2.05, 4.69) is 10.1 Å². The predicted molar refractivity (Wildman–Crippen MR) is 111 cm³/mol. The first-order chi connectivity index (χ1) is 12.9. The van der Waals surface area contributed by atoms with Crippen LogP contribution in [0.5, 0.6) is 0 Å². The lowest BCUT2D eigenvalue weighted by Crippen LogP contribution is -2.35. The van der Waals surface area contributed by atoms with Crippen LogP contribution in [0.2, 0.25) is 10.0 Å². The summed E-state index contributed by atoms with van der Waals surface area (Å²) in [5, 5.41) is 15.1. The maximum Gasteiger partial charge on any atom is 0.283 e. The van der Waals surface area contributed by atoms with Crippen molar-refractivity contribution in [3.05, 3.63) is 56.8 Å². The van der Waals surface area contributed by atoms with Gasteiger partial charge < -0.3 is 4.57 Å². The zero-order chi connectivity index (χ0) is 19.3. The van der Waals surface area contributed by atoms with Crippen molar-refractivity contribution in [2.45, 2.75) is 13.8 Å². The fourth-order valence-corrected chi connectivity index (χ4v) is 3.95. The molecular weight excluding hydrogens is 405 g/mol. The van der Waals surface area contributed by atoms with Crippen molar-refractivity contribution in [1.29, 1.82) is 5.41 Å². The first kappa shape index (κ1) is 18.0. The SMILES string of the molecule is Cc1cc(/C=C2\C(=N)N3N=CSC3=NC2=O)c(C)n1-c1ccc(Cl)c(Cl)c1. The van der Waals surface area contributed by atoms with Crippen molar-refractivity contribution in [3.63, 3.8) is 0 Å². The Hall–Kier alpha value is -2.35. The number of aromatic nitrogens is 1. The molecule has 9 heteroatoms. The molecule has 0 bridgehead atoms. The molecule has 2 aliphatic rings. The third-order valence-electron chi connectivity index (χ3n) is 4.33. The van der Waals surface area contributed by atoms with E-state index in [-0.39, 0.29) is 11.4 Å². The molecule has 3 heterocycles. The van der Waals surface area contributed by atoms with Crippen molar-refractivity contribution in [2.75, 3.05) is 0 Å². The minimum atomic E-state index is -0.441. The van der Waals surface area contributed by atoms with Gasteiger partial charge in [-0.3, -0.25) is 10.2 Å². The van der Waals surface area contributed by atoms with Gasteiger partial charge in [0.1, 0.15) is 0 Å². The van der Waals surface area contributed by atoms with E-state index in [4.69, 9.17) is 28.6 Å². The van der Waals surface area contributed by atoms with E-state index >= 15 is 0 Å². The van der Waals surface area contributed by atoms with Gasteiger partial charge in [-0.2, -0.15) is 15.1 Å². The number of amidine groups is 2. The van der Waals surface area contributed by atoms with Crippen LogP contribution in [-0.2, 0) is 4.79 Å². The smallest absolute Gasteiger partial charge is 0.283 e. The van der Waals surface area contributed by atoms with Crippen LogP contribution in [0.1, 0.15) is 17.0 Å². The molecule has 0 radical (unpaired) electrons. The summed E-state index contributed by atoms with van der Waals surface area (Å²) in [7, 11) is 0. The molecule has 2 aliphatic heterocycles. The van der Waals surface area contributed by atoms with E-state index in [1.807, 2.05) is 30.5 Å². The van der Waals surface area contributed by atoms with Gasteiger partial charge >= 0.3 is 0 Å². The van der Waals surface area contributed by atoms with E-state index in [1.165, 1.54) is 16.8 Å². The predicted octanol–water partition coefficient (Wildman–Crippen LogP) is 4.65. The second kappa shape index (κ2) is 6.67. The van der Waals surface area contributed by atoms with Gasteiger partial charge in [0.15, 0.2) is 11.0 Å². The summed E-state index contributed by atoms with van der Waals surface area (Å²) < 4.78 is 2.02. The molecule has 0 spiro atoms. The number of carbonyl (C=O) groups excluding carboxylic acids is 1. The minimum absolute atomic E-state index is 0.0191. The summed E-state index contributed by atoms with van der Waals surface area (Å²) in [6.07, 6.45) is 1.68. The van der Waals surface area contributed by atoms with Crippen molar-refractivity contribution < 1.29 is 4.79 Å². The Morgan fingerprint density at radius 3 is 2.70 bits per heavy atom. The van der Waals surface area contributed by atoms with Crippen LogP contribution >= 0.6 is 35.0 Å². The summed E-state index contributed by atoms with van der Waals surface area (Å²) >= 11 is 13.4. The number of rotatable bonds is 2. The molecule has 0 aliphatic carbocycles. The minimum Gasteiger partial charge on any atom is -0.318 e. The molecule has 0 atom stereocenters. The molecule has 0 saturated carbocycles.